The van der Waals surface area contributed by atoms with Crippen LogP contribution in [0.5, 0.6) is 0 Å². The van der Waals surface area contributed by atoms with Gasteiger partial charge in [0.25, 0.3) is 0 Å². The number of carbonyl (C=O) groups is 1. The first-order valence-electron chi connectivity index (χ1n) is 6.92. The van der Waals surface area contributed by atoms with E-state index in [0.717, 1.165) is 31.0 Å². The first-order chi connectivity index (χ1) is 9.60. The molecule has 3 nitrogen and oxygen atoms in total. The largest absolute Gasteiger partial charge is 0.371 e. The Balaban J connectivity index is 1.89. The molecule has 0 unspecified atom stereocenters. The van der Waals surface area contributed by atoms with E-state index < -0.39 is 17.7 Å². The Morgan fingerprint density at radius 3 is 2.85 bits per heavy atom. The highest BCUT2D eigenvalue weighted by Gasteiger charge is 2.22. The lowest BCUT2D eigenvalue weighted by atomic mass is 10.0. The summed E-state index contributed by atoms with van der Waals surface area (Å²) in [5, 5.41) is 2.67. The topological polar surface area (TPSA) is 38.3 Å². The van der Waals surface area contributed by atoms with Gasteiger partial charge in [0, 0.05) is 5.56 Å². The summed E-state index contributed by atoms with van der Waals surface area (Å²) in [5.74, 6) is -0.747. The summed E-state index contributed by atoms with van der Waals surface area (Å²) in [6.45, 7) is 2.36. The fourth-order valence-corrected chi connectivity index (χ4v) is 2.02. The highest BCUT2D eigenvalue weighted by molar-refractivity contribution is 5.77. The zero-order valence-corrected chi connectivity index (χ0v) is 11.5. The standard InChI is InChI=1S/C15H19F2NO2/c1-2-14(12-7-11(16)5-6-13(12)17)18-15(19)9-20-8-10-3-4-10/h5-7,10,14H,2-4,8-9H2,1H3,(H,18,19)/t14-/m1/s1. The van der Waals surface area contributed by atoms with E-state index in [0.29, 0.717) is 18.9 Å². The Labute approximate surface area is 117 Å². The van der Waals surface area contributed by atoms with E-state index in [1.165, 1.54) is 0 Å². The molecule has 0 aliphatic heterocycles. The lowest BCUT2D eigenvalue weighted by Crippen LogP contribution is -2.32. The molecule has 110 valence electrons. The number of amides is 1. The van der Waals surface area contributed by atoms with Crippen molar-refractivity contribution in [3.63, 3.8) is 0 Å². The number of nitrogens with one attached hydrogen (secondary N) is 1. The van der Waals surface area contributed by atoms with E-state index in [4.69, 9.17) is 4.74 Å². The van der Waals surface area contributed by atoms with Crippen LogP contribution >= 0.6 is 0 Å². The SMILES string of the molecule is CC[C@@H](NC(=O)COCC1CC1)c1cc(F)ccc1F. The fraction of sp³-hybridized carbons (Fsp3) is 0.533. The van der Waals surface area contributed by atoms with Crippen molar-refractivity contribution in [3.05, 3.63) is 35.4 Å². The van der Waals surface area contributed by atoms with Crippen LogP contribution in [0.3, 0.4) is 0 Å². The summed E-state index contributed by atoms with van der Waals surface area (Å²) in [7, 11) is 0. The molecule has 5 heteroatoms. The van der Waals surface area contributed by atoms with Gasteiger partial charge in [-0.25, -0.2) is 8.78 Å². The minimum absolute atomic E-state index is 0.0378. The second kappa shape index (κ2) is 6.79. The van der Waals surface area contributed by atoms with Gasteiger partial charge in [-0.15, -0.1) is 0 Å². The number of halogens is 2. The van der Waals surface area contributed by atoms with E-state index in [9.17, 15) is 13.6 Å². The first kappa shape index (κ1) is 14.9. The van der Waals surface area contributed by atoms with Crippen LogP contribution in [0.1, 0.15) is 37.8 Å². The summed E-state index contributed by atoms with van der Waals surface area (Å²) in [6.07, 6.45) is 2.80. The Bertz CT molecular complexity index is 475. The van der Waals surface area contributed by atoms with Gasteiger partial charge in [-0.2, -0.15) is 0 Å². The average molecular weight is 283 g/mol. The van der Waals surface area contributed by atoms with Crippen LogP contribution < -0.4 is 5.32 Å². The average Bonchev–Trinajstić information content (AvgIpc) is 3.23. The third-order valence-electron chi connectivity index (χ3n) is 3.36. The van der Waals surface area contributed by atoms with Gasteiger partial charge in [0.2, 0.25) is 5.91 Å². The molecule has 1 aliphatic rings. The molecule has 0 heterocycles. The maximum atomic E-state index is 13.7. The normalized spacial score (nSPS) is 15.9. The van der Waals surface area contributed by atoms with Crippen molar-refractivity contribution in [3.8, 4) is 0 Å². The molecule has 1 N–H and O–H groups in total. The van der Waals surface area contributed by atoms with Crippen LogP contribution in [0.25, 0.3) is 0 Å². The lowest BCUT2D eigenvalue weighted by molar-refractivity contribution is -0.126. The number of hydrogen-bond acceptors (Lipinski definition) is 2. The van der Waals surface area contributed by atoms with Gasteiger partial charge in [-0.3, -0.25) is 4.79 Å². The molecule has 1 fully saturated rings. The minimum atomic E-state index is -0.539. The zero-order valence-electron chi connectivity index (χ0n) is 11.5. The van der Waals surface area contributed by atoms with Gasteiger partial charge in [0.05, 0.1) is 12.6 Å². The minimum Gasteiger partial charge on any atom is -0.371 e. The van der Waals surface area contributed by atoms with Gasteiger partial charge >= 0.3 is 0 Å². The second-order valence-corrected chi connectivity index (χ2v) is 5.15. The molecule has 1 aromatic rings. The predicted molar refractivity (Wildman–Crippen MR) is 71.1 cm³/mol. The van der Waals surface area contributed by atoms with Gasteiger partial charge < -0.3 is 10.1 Å². The van der Waals surface area contributed by atoms with Crippen molar-refractivity contribution in [2.45, 2.75) is 32.2 Å². The van der Waals surface area contributed by atoms with Crippen molar-refractivity contribution >= 4 is 5.91 Å². The highest BCUT2D eigenvalue weighted by atomic mass is 19.1. The van der Waals surface area contributed by atoms with Crippen LogP contribution in [0.4, 0.5) is 8.78 Å². The zero-order chi connectivity index (χ0) is 14.5. The summed E-state index contributed by atoms with van der Waals surface area (Å²) in [4.78, 5) is 11.7. The molecule has 1 amide bonds. The number of ether oxygens (including phenoxy) is 1. The molecular weight excluding hydrogens is 264 g/mol. The summed E-state index contributed by atoms with van der Waals surface area (Å²) in [6, 6.07) is 2.71. The molecule has 0 aromatic heterocycles. The van der Waals surface area contributed by atoms with Gasteiger partial charge in [0.1, 0.15) is 18.2 Å². The third kappa shape index (κ3) is 4.27. The Morgan fingerprint density at radius 2 is 2.20 bits per heavy atom. The third-order valence-corrected chi connectivity index (χ3v) is 3.36. The molecule has 1 aromatic carbocycles. The van der Waals surface area contributed by atoms with Crippen molar-refractivity contribution < 1.29 is 18.3 Å². The predicted octanol–water partition coefficient (Wildman–Crippen LogP) is 2.96. The maximum Gasteiger partial charge on any atom is 0.246 e. The smallest absolute Gasteiger partial charge is 0.246 e. The van der Waals surface area contributed by atoms with E-state index in [1.807, 2.05) is 0 Å². The molecule has 0 spiro atoms. The Kier molecular flexibility index (Phi) is 5.06. The monoisotopic (exact) mass is 283 g/mol. The van der Waals surface area contributed by atoms with Crippen molar-refractivity contribution in [2.24, 2.45) is 5.92 Å². The van der Waals surface area contributed by atoms with Crippen molar-refractivity contribution in [2.75, 3.05) is 13.2 Å². The van der Waals surface area contributed by atoms with Crippen LogP contribution in [-0.2, 0) is 9.53 Å². The number of carbonyl (C=O) groups excluding carboxylic acids is 1. The van der Waals surface area contributed by atoms with E-state index in [-0.39, 0.29) is 18.1 Å². The van der Waals surface area contributed by atoms with Crippen LogP contribution in [0.2, 0.25) is 0 Å². The number of benzene rings is 1. The molecule has 0 saturated heterocycles. The fourth-order valence-electron chi connectivity index (χ4n) is 2.02. The lowest BCUT2D eigenvalue weighted by Gasteiger charge is -2.18. The first-order valence-corrected chi connectivity index (χ1v) is 6.92. The van der Waals surface area contributed by atoms with Gasteiger partial charge in [0.15, 0.2) is 0 Å². The molecule has 0 bridgehead atoms. The molecule has 0 radical (unpaired) electrons. The summed E-state index contributed by atoms with van der Waals surface area (Å²) >= 11 is 0. The van der Waals surface area contributed by atoms with Crippen LogP contribution in [-0.4, -0.2) is 19.1 Å². The molecule has 20 heavy (non-hydrogen) atoms. The van der Waals surface area contributed by atoms with Gasteiger partial charge in [-0.05, 0) is 43.4 Å². The molecule has 1 saturated carbocycles. The van der Waals surface area contributed by atoms with Crippen LogP contribution in [0, 0.1) is 17.6 Å². The van der Waals surface area contributed by atoms with E-state index >= 15 is 0 Å². The second-order valence-electron chi connectivity index (χ2n) is 5.15. The van der Waals surface area contributed by atoms with E-state index in [1.54, 1.807) is 6.92 Å². The van der Waals surface area contributed by atoms with Crippen LogP contribution in [0.15, 0.2) is 18.2 Å². The van der Waals surface area contributed by atoms with Crippen molar-refractivity contribution in [1.29, 1.82) is 0 Å². The molecule has 2 rings (SSSR count). The van der Waals surface area contributed by atoms with E-state index in [2.05, 4.69) is 5.32 Å². The highest BCUT2D eigenvalue weighted by Crippen LogP contribution is 2.28. The maximum absolute atomic E-state index is 13.7. The van der Waals surface area contributed by atoms with Crippen molar-refractivity contribution in [1.82, 2.24) is 5.32 Å². The Morgan fingerprint density at radius 1 is 1.45 bits per heavy atom. The van der Waals surface area contributed by atoms with Gasteiger partial charge in [-0.1, -0.05) is 6.92 Å². The summed E-state index contributed by atoms with van der Waals surface area (Å²) in [5.41, 5.74) is 0.169. The Hall–Kier alpha value is -1.49. The quantitative estimate of drug-likeness (QED) is 0.835. The summed E-state index contributed by atoms with van der Waals surface area (Å²) < 4.78 is 32.1. The molecular formula is C15H19F2NO2. The molecule has 1 atom stereocenters. The molecule has 1 aliphatic carbocycles. The number of rotatable bonds is 7. The number of hydrogen-bond donors (Lipinski definition) is 1.